The first-order valence-electron chi connectivity index (χ1n) is 22.5. The number of nitrogen functional groups attached to an aromatic ring is 1. The van der Waals surface area contributed by atoms with E-state index in [1.165, 1.54) is 25.0 Å². The zero-order valence-corrected chi connectivity index (χ0v) is 41.1. The molecule has 0 radical (unpaired) electrons. The summed E-state index contributed by atoms with van der Waals surface area (Å²) in [6.45, 7) is 0.324. The van der Waals surface area contributed by atoms with E-state index in [-0.39, 0.29) is 48.7 Å². The number of hydrogen-bond donors (Lipinski definition) is 10. The van der Waals surface area contributed by atoms with Crippen molar-refractivity contribution in [2.24, 2.45) is 16.2 Å². The molecule has 1 aliphatic heterocycles. The molecule has 3 aliphatic rings. The molecule has 3 aromatic rings. The molecule has 3 fully saturated rings. The van der Waals surface area contributed by atoms with Crippen LogP contribution in [-0.4, -0.2) is 129 Å². The Labute approximate surface area is 401 Å². The summed E-state index contributed by atoms with van der Waals surface area (Å²) >= 11 is 0. The van der Waals surface area contributed by atoms with E-state index in [0.717, 1.165) is 75.0 Å². The van der Waals surface area contributed by atoms with E-state index in [9.17, 15) is 67.8 Å². The minimum atomic E-state index is -5.60. The highest BCUT2D eigenvalue weighted by Crippen LogP contribution is 2.61. The number of phosphoric ester groups is 3. The quantitative estimate of drug-likeness (QED) is 0.0446. The Bertz CT molecular complexity index is 2530. The maximum atomic E-state index is 13.2. The lowest BCUT2D eigenvalue weighted by atomic mass is 9.87. The van der Waals surface area contributed by atoms with Crippen LogP contribution < -0.4 is 16.4 Å². The van der Waals surface area contributed by atoms with Crippen molar-refractivity contribution >= 4 is 64.0 Å². The highest BCUT2D eigenvalue weighted by atomic mass is 31.3. The molecule has 2 aliphatic carbocycles. The predicted molar refractivity (Wildman–Crippen MR) is 243 cm³/mol. The monoisotopic (exact) mass is 1050 g/mol. The molecule has 7 atom stereocenters. The van der Waals surface area contributed by atoms with E-state index in [1.807, 2.05) is 12.1 Å². The van der Waals surface area contributed by atoms with Crippen molar-refractivity contribution < 1.29 is 90.4 Å². The lowest BCUT2D eigenvalue weighted by Gasteiger charge is -2.30. The smallest absolute Gasteiger partial charge is 0.481 e. The Morgan fingerprint density at radius 1 is 0.900 bits per heavy atom. The number of carboxylic acid groups (broad SMARTS) is 1. The molecule has 11 N–H and O–H groups in total. The normalized spacial score (nSPS) is 22.7. The van der Waals surface area contributed by atoms with Gasteiger partial charge in [-0.25, -0.2) is 28.6 Å². The van der Waals surface area contributed by atoms with Crippen LogP contribution in [0, 0.1) is 16.2 Å². The number of aryl methyl sites for hydroxylation is 2. The Balaban J connectivity index is 0.879. The number of nitrogens with one attached hydrogen (secondary N) is 2. The third-order valence-electron chi connectivity index (χ3n) is 12.8. The zero-order valence-electron chi connectivity index (χ0n) is 38.4. The number of fused-ring (bicyclic) bond motifs is 1. The lowest BCUT2D eigenvalue weighted by Crippen LogP contribution is -2.46. The second-order valence-corrected chi connectivity index (χ2v) is 22.8. The minimum Gasteiger partial charge on any atom is -0.481 e. The van der Waals surface area contributed by atoms with Gasteiger partial charge in [0.05, 0.1) is 25.0 Å². The Kier molecular flexibility index (Phi) is 17.6. The van der Waals surface area contributed by atoms with Crippen molar-refractivity contribution in [3.63, 3.8) is 0 Å². The summed E-state index contributed by atoms with van der Waals surface area (Å²) < 4.78 is 62.6. The molecular weight excluding hydrogens is 987 g/mol. The highest BCUT2D eigenvalue weighted by Gasteiger charge is 2.51. The third kappa shape index (κ3) is 14.5. The number of benzene rings is 1. The summed E-state index contributed by atoms with van der Waals surface area (Å²) in [5, 5.41) is 36.2. The van der Waals surface area contributed by atoms with Crippen LogP contribution in [0.3, 0.4) is 0 Å². The molecule has 29 heteroatoms. The number of amides is 2. The van der Waals surface area contributed by atoms with Crippen LogP contribution in [0.1, 0.15) is 95.4 Å². The van der Waals surface area contributed by atoms with E-state index in [4.69, 9.17) is 19.5 Å². The number of ether oxygens (including phenoxy) is 1. The van der Waals surface area contributed by atoms with Crippen LogP contribution in [0.25, 0.3) is 11.2 Å². The number of aromatic nitrogens is 4. The van der Waals surface area contributed by atoms with Gasteiger partial charge in [0, 0.05) is 36.8 Å². The third-order valence-corrected chi connectivity index (χ3v) is 15.9. The molecule has 26 nitrogen and oxygen atoms in total. The maximum absolute atomic E-state index is 13.2. The van der Waals surface area contributed by atoms with Gasteiger partial charge >= 0.3 is 29.4 Å². The van der Waals surface area contributed by atoms with Gasteiger partial charge < -0.3 is 56.0 Å². The van der Waals surface area contributed by atoms with Gasteiger partial charge in [-0.2, -0.15) is 4.31 Å². The van der Waals surface area contributed by atoms with Crippen LogP contribution in [-0.2, 0) is 68.3 Å². The Hall–Kier alpha value is -4.10. The molecule has 0 bridgehead atoms. The largest absolute Gasteiger partial charge is 0.481 e. The molecule has 388 valence electrons. The number of nitrogens with two attached hydrogens (primary N) is 1. The second kappa shape index (κ2) is 22.3. The van der Waals surface area contributed by atoms with Gasteiger partial charge in [0.2, 0.25) is 11.8 Å². The molecule has 2 saturated carbocycles. The van der Waals surface area contributed by atoms with Gasteiger partial charge in [-0.05, 0) is 75.3 Å². The van der Waals surface area contributed by atoms with Gasteiger partial charge in [-0.1, -0.05) is 38.1 Å². The molecule has 1 saturated heterocycles. The molecule has 0 spiro atoms. The number of aliphatic hydroxyl groups is 2. The first kappa shape index (κ1) is 55.2. The molecule has 70 heavy (non-hydrogen) atoms. The van der Waals surface area contributed by atoms with Crippen molar-refractivity contribution in [3.05, 3.63) is 48.0 Å². The number of carbonyl (C=O) groups is 4. The first-order chi connectivity index (χ1) is 32.8. The maximum Gasteiger partial charge on any atom is 0.481 e. The summed E-state index contributed by atoms with van der Waals surface area (Å²) in [5.41, 5.74) is 5.69. The van der Waals surface area contributed by atoms with Crippen molar-refractivity contribution in [2.75, 3.05) is 32.0 Å². The number of carboxylic acids is 1. The van der Waals surface area contributed by atoms with Crippen LogP contribution >= 0.6 is 23.5 Å². The van der Waals surface area contributed by atoms with Crippen molar-refractivity contribution in [2.45, 2.75) is 122 Å². The molecule has 2 amide bonds. The van der Waals surface area contributed by atoms with E-state index in [1.54, 1.807) is 0 Å². The number of carbonyl (C=O) groups excluding carboxylic acids is 3. The summed E-state index contributed by atoms with van der Waals surface area (Å²) in [7, 11) is -16.5. The zero-order chi connectivity index (χ0) is 51.3. The highest BCUT2D eigenvalue weighted by molar-refractivity contribution is 7.61. The number of imidazole rings is 1. The average Bonchev–Trinajstić information content (AvgIpc) is 4.19. The SMILES string of the molecule is CC(C)(COP(=O)(O)OP(=O)(O)OCC1OC(n2cnc3c(N)ncnc32)C(O)C1OP(=O)(O)O)C(O)C(=O)NCCC(=O)NCCC(=O)C1(CCCc2ccccc2CCCC2(C(=O)O)CC2)CC1. The molecule has 7 unspecified atom stereocenters. The Morgan fingerprint density at radius 2 is 1.50 bits per heavy atom. The number of ketones is 1. The number of aliphatic carboxylic acids is 1. The summed E-state index contributed by atoms with van der Waals surface area (Å²) in [6.07, 6.45) is 0.739. The van der Waals surface area contributed by atoms with Crippen LogP contribution in [0.5, 0.6) is 0 Å². The Morgan fingerprint density at radius 3 is 2.10 bits per heavy atom. The molecule has 3 heterocycles. The van der Waals surface area contributed by atoms with Crippen LogP contribution in [0.4, 0.5) is 5.82 Å². The first-order valence-corrected chi connectivity index (χ1v) is 27.0. The molecule has 2 aromatic heterocycles. The van der Waals surface area contributed by atoms with E-state index in [2.05, 4.69) is 46.6 Å². The van der Waals surface area contributed by atoms with Crippen molar-refractivity contribution in [3.8, 4) is 0 Å². The van der Waals surface area contributed by atoms with Gasteiger partial charge in [0.15, 0.2) is 17.7 Å². The van der Waals surface area contributed by atoms with Gasteiger partial charge in [0.1, 0.15) is 42.0 Å². The van der Waals surface area contributed by atoms with Crippen molar-refractivity contribution in [1.82, 2.24) is 30.2 Å². The predicted octanol–water partition coefficient (Wildman–Crippen LogP) is 2.35. The summed E-state index contributed by atoms with van der Waals surface area (Å²) in [5.74, 6) is -2.15. The average molecular weight is 1050 g/mol. The van der Waals surface area contributed by atoms with E-state index >= 15 is 0 Å². The summed E-state index contributed by atoms with van der Waals surface area (Å²) in [4.78, 5) is 101. The number of anilines is 1. The van der Waals surface area contributed by atoms with Crippen LogP contribution in [0.15, 0.2) is 36.9 Å². The number of aliphatic hydroxyl groups excluding tert-OH is 2. The fraction of sp³-hybridized carbons (Fsp3) is 0.634. The van der Waals surface area contributed by atoms with Gasteiger partial charge in [-0.15, -0.1) is 0 Å². The van der Waals surface area contributed by atoms with E-state index < -0.39 is 101 Å². The lowest BCUT2D eigenvalue weighted by molar-refractivity contribution is -0.143. The number of phosphoric acid groups is 3. The van der Waals surface area contributed by atoms with Crippen LogP contribution in [0.2, 0.25) is 0 Å². The summed E-state index contributed by atoms with van der Waals surface area (Å²) in [6, 6.07) is 8.11. The second-order valence-electron chi connectivity index (χ2n) is 18.6. The van der Waals surface area contributed by atoms with E-state index in [0.29, 0.717) is 6.42 Å². The number of rotatable bonds is 29. The van der Waals surface area contributed by atoms with Crippen molar-refractivity contribution in [1.29, 1.82) is 0 Å². The van der Waals surface area contributed by atoms with Gasteiger partial charge in [0.25, 0.3) is 0 Å². The molecule has 6 rings (SSSR count). The number of Topliss-reactive ketones (excluding diaryl/α,β-unsaturated/α-hetero) is 1. The number of hydrogen-bond acceptors (Lipinski definition) is 18. The molecule has 1 aromatic carbocycles. The minimum absolute atomic E-state index is 0.0249. The topological polar surface area (TPSA) is 401 Å². The fourth-order valence-corrected chi connectivity index (χ4v) is 11.2. The standard InChI is InChI=1S/C41H60N7O19P3/c1-39(2,22-64-70(61,62)67-69(59,60)63-21-27-32(66-68(56,57)58)31(51)37(65-27)48-24-47-30-34(42)45-23-46-35(30)48)33(52)36(53)44-20-12-29(50)43-19-11-28(49)40(15-16-40)13-5-9-25-7-3-4-8-26(25)10-6-14-41(17-18-41)38(54)55/h3-4,7-8,23-24,27,31-33,37,51-52H,5-6,9-22H2,1-2H3,(H,43,50)(H,44,53)(H,54,55)(H,59,60)(H,61,62)(H2,42,45,46)(H2,56,57,58). The number of nitrogens with zero attached hydrogens (tertiary/aromatic N) is 4. The van der Waals surface area contributed by atoms with Gasteiger partial charge in [-0.3, -0.25) is 37.3 Å². The molecular formula is C41H60N7O19P3. The fourth-order valence-electron chi connectivity index (χ4n) is 8.34.